The second kappa shape index (κ2) is 11.1. The maximum Gasteiger partial charge on any atom is 0.257 e. The van der Waals surface area contributed by atoms with Gasteiger partial charge >= 0.3 is 0 Å². The molecule has 0 aliphatic heterocycles. The molecule has 2 aromatic carbocycles. The first-order valence-electron chi connectivity index (χ1n) is 10.3. The number of benzene rings is 2. The van der Waals surface area contributed by atoms with Gasteiger partial charge in [-0.2, -0.15) is 4.98 Å². The van der Waals surface area contributed by atoms with Gasteiger partial charge in [-0.1, -0.05) is 54.5 Å². The summed E-state index contributed by atoms with van der Waals surface area (Å²) in [5.41, 5.74) is 3.23. The van der Waals surface area contributed by atoms with Gasteiger partial charge in [0.15, 0.2) is 11.8 Å². The molecule has 1 unspecified atom stereocenters. The van der Waals surface area contributed by atoms with E-state index in [1.54, 1.807) is 7.05 Å². The molecule has 3 N–H and O–H groups in total. The number of aryl methyl sites for hydroxylation is 1. The van der Waals surface area contributed by atoms with Crippen LogP contribution in [0.5, 0.6) is 0 Å². The summed E-state index contributed by atoms with van der Waals surface area (Å²) in [7, 11) is 1.75. The third-order valence-corrected chi connectivity index (χ3v) is 4.92. The van der Waals surface area contributed by atoms with E-state index in [1.807, 2.05) is 49.4 Å². The van der Waals surface area contributed by atoms with Crippen LogP contribution in [0.2, 0.25) is 0 Å². The minimum absolute atomic E-state index is 0.0234. The van der Waals surface area contributed by atoms with Gasteiger partial charge in [0.05, 0.1) is 6.61 Å². The highest BCUT2D eigenvalue weighted by molar-refractivity contribution is 5.79. The smallest absolute Gasteiger partial charge is 0.257 e. The third-order valence-electron chi connectivity index (χ3n) is 4.92. The van der Waals surface area contributed by atoms with Crippen molar-refractivity contribution in [2.75, 3.05) is 26.7 Å². The predicted molar refractivity (Wildman–Crippen MR) is 118 cm³/mol. The number of nitrogens with zero attached hydrogens (tertiary/aromatic N) is 3. The van der Waals surface area contributed by atoms with Crippen LogP contribution in [0.25, 0.3) is 11.5 Å². The third kappa shape index (κ3) is 5.90. The van der Waals surface area contributed by atoms with Crippen molar-refractivity contribution in [1.82, 2.24) is 20.8 Å². The molecule has 3 aromatic rings. The van der Waals surface area contributed by atoms with Gasteiger partial charge in [0.25, 0.3) is 5.89 Å². The van der Waals surface area contributed by atoms with E-state index in [0.29, 0.717) is 18.3 Å². The number of aromatic nitrogens is 2. The van der Waals surface area contributed by atoms with Crippen LogP contribution in [0.3, 0.4) is 0 Å². The Morgan fingerprint density at radius 1 is 1.10 bits per heavy atom. The molecule has 3 rings (SSSR count). The minimum atomic E-state index is 0.0234. The second-order valence-corrected chi connectivity index (χ2v) is 6.99. The van der Waals surface area contributed by atoms with Crippen LogP contribution < -0.4 is 10.6 Å². The number of hydrogen-bond donors (Lipinski definition) is 3. The second-order valence-electron chi connectivity index (χ2n) is 6.99. The quantitative estimate of drug-likeness (QED) is 0.373. The zero-order chi connectivity index (χ0) is 21.2. The lowest BCUT2D eigenvalue weighted by Crippen LogP contribution is -2.40. The van der Waals surface area contributed by atoms with Gasteiger partial charge in [0, 0.05) is 38.0 Å². The first-order chi connectivity index (χ1) is 14.7. The maximum absolute atomic E-state index is 9.69. The van der Waals surface area contributed by atoms with E-state index in [4.69, 9.17) is 4.52 Å². The molecular formula is C23H29N5O2. The van der Waals surface area contributed by atoms with Crippen molar-refractivity contribution in [2.24, 2.45) is 4.99 Å². The highest BCUT2D eigenvalue weighted by atomic mass is 16.5. The summed E-state index contributed by atoms with van der Waals surface area (Å²) in [5.74, 6) is 2.01. The highest BCUT2D eigenvalue weighted by Crippen LogP contribution is 2.18. The Morgan fingerprint density at radius 3 is 2.50 bits per heavy atom. The monoisotopic (exact) mass is 407 g/mol. The Kier molecular flexibility index (Phi) is 7.97. The molecule has 1 heterocycles. The van der Waals surface area contributed by atoms with Crippen molar-refractivity contribution < 1.29 is 9.63 Å². The molecule has 158 valence electrons. The fourth-order valence-corrected chi connectivity index (χ4v) is 3.11. The molecule has 0 radical (unpaired) electrons. The fourth-order valence-electron chi connectivity index (χ4n) is 3.11. The van der Waals surface area contributed by atoms with Crippen LogP contribution in [0.15, 0.2) is 64.1 Å². The zero-order valence-electron chi connectivity index (χ0n) is 17.5. The summed E-state index contributed by atoms with van der Waals surface area (Å²) in [5, 5.41) is 20.2. The molecule has 1 aromatic heterocycles. The van der Waals surface area contributed by atoms with Crippen molar-refractivity contribution >= 4 is 5.96 Å². The maximum atomic E-state index is 9.69. The molecule has 1 atom stereocenters. The number of aliphatic hydroxyl groups is 1. The number of nitrogens with one attached hydrogen (secondary N) is 2. The highest BCUT2D eigenvalue weighted by Gasteiger charge is 2.11. The first kappa shape index (κ1) is 21.5. The van der Waals surface area contributed by atoms with E-state index in [9.17, 15) is 5.11 Å². The topological polar surface area (TPSA) is 95.6 Å². The average Bonchev–Trinajstić information content (AvgIpc) is 3.29. The van der Waals surface area contributed by atoms with E-state index in [-0.39, 0.29) is 12.5 Å². The van der Waals surface area contributed by atoms with Crippen LogP contribution in [0, 0.1) is 0 Å². The van der Waals surface area contributed by atoms with Gasteiger partial charge in [-0.15, -0.1) is 0 Å². The molecular weight excluding hydrogens is 378 g/mol. The van der Waals surface area contributed by atoms with Crippen LogP contribution in [0.4, 0.5) is 0 Å². The minimum Gasteiger partial charge on any atom is -0.396 e. The lowest BCUT2D eigenvalue weighted by Gasteiger charge is -2.18. The van der Waals surface area contributed by atoms with Crippen LogP contribution in [0.1, 0.15) is 29.8 Å². The standard InChI is InChI=1S/C23H29N5O2/c1-3-21-27-22(30-28-21)19-11-9-17(10-12-19)13-14-25-23(24-2)26-15-20(16-29)18-7-5-4-6-8-18/h4-12,20,29H,3,13-16H2,1-2H3,(H2,24,25,26). The molecule has 7 heteroatoms. The van der Waals surface area contributed by atoms with Crippen molar-refractivity contribution in [2.45, 2.75) is 25.7 Å². The lowest BCUT2D eigenvalue weighted by molar-refractivity contribution is 0.265. The van der Waals surface area contributed by atoms with Crippen molar-refractivity contribution in [1.29, 1.82) is 0 Å². The zero-order valence-corrected chi connectivity index (χ0v) is 17.5. The molecule has 0 saturated carbocycles. The van der Waals surface area contributed by atoms with Gasteiger partial charge in [0.2, 0.25) is 0 Å². The van der Waals surface area contributed by atoms with E-state index in [0.717, 1.165) is 36.5 Å². The average molecular weight is 408 g/mol. The van der Waals surface area contributed by atoms with E-state index in [2.05, 4.69) is 37.9 Å². The van der Waals surface area contributed by atoms with E-state index >= 15 is 0 Å². The molecule has 0 saturated heterocycles. The van der Waals surface area contributed by atoms with Crippen LogP contribution in [-0.4, -0.2) is 48.0 Å². The van der Waals surface area contributed by atoms with E-state index in [1.165, 1.54) is 5.56 Å². The predicted octanol–water partition coefficient (Wildman–Crippen LogP) is 2.78. The summed E-state index contributed by atoms with van der Waals surface area (Å²) in [6.07, 6.45) is 1.61. The Hall–Kier alpha value is -3.19. The molecule has 0 amide bonds. The fraction of sp³-hybridized carbons (Fsp3) is 0.348. The van der Waals surface area contributed by atoms with Gasteiger partial charge in [-0.25, -0.2) is 0 Å². The molecule has 0 spiro atoms. The van der Waals surface area contributed by atoms with Crippen molar-refractivity contribution in [3.8, 4) is 11.5 Å². The largest absolute Gasteiger partial charge is 0.396 e. The molecule has 7 nitrogen and oxygen atoms in total. The Labute approximate surface area is 177 Å². The van der Waals surface area contributed by atoms with Crippen molar-refractivity contribution in [3.63, 3.8) is 0 Å². The molecule has 30 heavy (non-hydrogen) atoms. The molecule has 0 bridgehead atoms. The van der Waals surface area contributed by atoms with Gasteiger partial charge in [-0.05, 0) is 29.7 Å². The molecule has 0 fully saturated rings. The lowest BCUT2D eigenvalue weighted by atomic mass is 10.0. The summed E-state index contributed by atoms with van der Waals surface area (Å²) in [6, 6.07) is 18.1. The number of aliphatic imine (C=N–C) groups is 1. The van der Waals surface area contributed by atoms with Gasteiger partial charge < -0.3 is 20.3 Å². The number of aliphatic hydroxyl groups excluding tert-OH is 1. The van der Waals surface area contributed by atoms with Gasteiger partial charge in [0.1, 0.15) is 0 Å². The molecule has 0 aliphatic carbocycles. The summed E-state index contributed by atoms with van der Waals surface area (Å²) in [4.78, 5) is 8.63. The Balaban J connectivity index is 1.46. The number of rotatable bonds is 9. The Morgan fingerprint density at radius 2 is 1.87 bits per heavy atom. The van der Waals surface area contributed by atoms with Crippen LogP contribution in [-0.2, 0) is 12.8 Å². The summed E-state index contributed by atoms with van der Waals surface area (Å²) < 4.78 is 5.28. The van der Waals surface area contributed by atoms with Crippen LogP contribution >= 0.6 is 0 Å². The molecule has 0 aliphatic rings. The van der Waals surface area contributed by atoms with Crippen molar-refractivity contribution in [3.05, 3.63) is 71.5 Å². The Bertz CT molecular complexity index is 922. The number of hydrogen-bond acceptors (Lipinski definition) is 5. The normalized spacial score (nSPS) is 12.6. The summed E-state index contributed by atoms with van der Waals surface area (Å²) >= 11 is 0. The first-order valence-corrected chi connectivity index (χ1v) is 10.3. The van der Waals surface area contributed by atoms with E-state index < -0.39 is 0 Å². The summed E-state index contributed by atoms with van der Waals surface area (Å²) in [6.45, 7) is 3.44. The SMILES string of the molecule is CCc1noc(-c2ccc(CCNC(=NC)NCC(CO)c3ccccc3)cc2)n1. The van der Waals surface area contributed by atoms with Gasteiger partial charge in [-0.3, -0.25) is 4.99 Å². The number of guanidine groups is 1.